The van der Waals surface area contributed by atoms with Crippen molar-refractivity contribution in [2.24, 2.45) is 0 Å². The Hall–Kier alpha value is -2.92. The Morgan fingerprint density at radius 2 is 1.35 bits per heavy atom. The van der Waals surface area contributed by atoms with E-state index in [4.69, 9.17) is 5.26 Å². The fraction of sp³-hybridized carbons (Fsp3) is 0. The standard InChI is InChI=1S/C18H12N2/c19-12-14-6-11-18(20-13-14)17-9-7-16(8-10-17)15-4-2-1-3-5-15/h1-11,13H. The predicted octanol–water partition coefficient (Wildman–Crippen LogP) is 4.29. The van der Waals surface area contributed by atoms with E-state index in [0.717, 1.165) is 11.3 Å². The van der Waals surface area contributed by atoms with Gasteiger partial charge in [-0.2, -0.15) is 5.26 Å². The van der Waals surface area contributed by atoms with Gasteiger partial charge in [-0.3, -0.25) is 4.98 Å². The normalized spacial score (nSPS) is 9.95. The van der Waals surface area contributed by atoms with Crippen molar-refractivity contribution in [2.75, 3.05) is 0 Å². The fourth-order valence-corrected chi connectivity index (χ4v) is 2.09. The largest absolute Gasteiger partial charge is 0.255 e. The number of hydrogen-bond donors (Lipinski definition) is 0. The highest BCUT2D eigenvalue weighted by atomic mass is 14.7. The van der Waals surface area contributed by atoms with E-state index < -0.39 is 0 Å². The summed E-state index contributed by atoms with van der Waals surface area (Å²) in [4.78, 5) is 4.30. The zero-order chi connectivity index (χ0) is 13.8. The highest BCUT2D eigenvalue weighted by Crippen LogP contribution is 2.23. The third kappa shape index (κ3) is 2.43. The van der Waals surface area contributed by atoms with Gasteiger partial charge in [-0.25, -0.2) is 0 Å². The van der Waals surface area contributed by atoms with Gasteiger partial charge in [0, 0.05) is 11.8 Å². The second-order valence-corrected chi connectivity index (χ2v) is 4.49. The molecule has 0 N–H and O–H groups in total. The molecule has 0 radical (unpaired) electrons. The van der Waals surface area contributed by atoms with Gasteiger partial charge in [-0.15, -0.1) is 0 Å². The van der Waals surface area contributed by atoms with Gasteiger partial charge in [0.2, 0.25) is 0 Å². The molecule has 2 nitrogen and oxygen atoms in total. The quantitative estimate of drug-likeness (QED) is 0.686. The summed E-state index contributed by atoms with van der Waals surface area (Å²) in [6.07, 6.45) is 1.60. The van der Waals surface area contributed by atoms with Crippen molar-refractivity contribution in [2.45, 2.75) is 0 Å². The molecule has 0 atom stereocenters. The van der Waals surface area contributed by atoms with E-state index in [1.54, 1.807) is 12.3 Å². The van der Waals surface area contributed by atoms with E-state index in [0.29, 0.717) is 5.56 Å². The number of nitriles is 1. The molecular weight excluding hydrogens is 244 g/mol. The van der Waals surface area contributed by atoms with Crippen molar-refractivity contribution in [3.8, 4) is 28.5 Å². The van der Waals surface area contributed by atoms with Crippen molar-refractivity contribution in [1.29, 1.82) is 5.26 Å². The molecule has 0 saturated heterocycles. The number of benzene rings is 2. The van der Waals surface area contributed by atoms with Crippen LogP contribution in [0.25, 0.3) is 22.4 Å². The summed E-state index contributed by atoms with van der Waals surface area (Å²) in [7, 11) is 0. The molecule has 0 aliphatic heterocycles. The molecule has 0 aliphatic carbocycles. The number of rotatable bonds is 2. The number of nitrogens with zero attached hydrogens (tertiary/aromatic N) is 2. The molecule has 1 heterocycles. The molecule has 0 unspecified atom stereocenters. The molecule has 1 aromatic heterocycles. The van der Waals surface area contributed by atoms with Gasteiger partial charge < -0.3 is 0 Å². The first-order valence-electron chi connectivity index (χ1n) is 6.39. The van der Waals surface area contributed by atoms with Crippen molar-refractivity contribution in [1.82, 2.24) is 4.98 Å². The Labute approximate surface area is 118 Å². The average molecular weight is 256 g/mol. The maximum absolute atomic E-state index is 8.77. The summed E-state index contributed by atoms with van der Waals surface area (Å²) in [5, 5.41) is 8.77. The van der Waals surface area contributed by atoms with E-state index in [-0.39, 0.29) is 0 Å². The van der Waals surface area contributed by atoms with E-state index in [1.165, 1.54) is 11.1 Å². The predicted molar refractivity (Wildman–Crippen MR) is 79.8 cm³/mol. The molecule has 94 valence electrons. The lowest BCUT2D eigenvalue weighted by Gasteiger charge is -2.04. The Kier molecular flexibility index (Phi) is 3.26. The number of hydrogen-bond acceptors (Lipinski definition) is 2. The third-order valence-electron chi connectivity index (χ3n) is 3.18. The maximum Gasteiger partial charge on any atom is 0.101 e. The van der Waals surface area contributed by atoms with Gasteiger partial charge in [0.1, 0.15) is 6.07 Å². The molecule has 20 heavy (non-hydrogen) atoms. The summed E-state index contributed by atoms with van der Waals surface area (Å²) in [6, 6.07) is 24.3. The highest BCUT2D eigenvalue weighted by molar-refractivity contribution is 5.68. The molecular formula is C18H12N2. The molecule has 3 rings (SSSR count). The molecule has 2 heteroatoms. The van der Waals surface area contributed by atoms with Crippen LogP contribution >= 0.6 is 0 Å². The van der Waals surface area contributed by atoms with Crippen LogP contribution in [0, 0.1) is 11.3 Å². The Bertz CT molecular complexity index is 736. The van der Waals surface area contributed by atoms with Gasteiger partial charge in [0.15, 0.2) is 0 Å². The molecule has 0 saturated carbocycles. The number of pyridine rings is 1. The van der Waals surface area contributed by atoms with E-state index in [1.807, 2.05) is 24.3 Å². The minimum atomic E-state index is 0.578. The smallest absolute Gasteiger partial charge is 0.101 e. The second kappa shape index (κ2) is 5.38. The maximum atomic E-state index is 8.77. The average Bonchev–Trinajstić information content (AvgIpc) is 2.56. The van der Waals surface area contributed by atoms with E-state index in [9.17, 15) is 0 Å². The van der Waals surface area contributed by atoms with Crippen LogP contribution in [0.2, 0.25) is 0 Å². The van der Waals surface area contributed by atoms with Crippen LogP contribution in [0.15, 0.2) is 72.9 Å². The summed E-state index contributed by atoms with van der Waals surface area (Å²) in [5.74, 6) is 0. The zero-order valence-electron chi connectivity index (χ0n) is 10.8. The van der Waals surface area contributed by atoms with Crippen molar-refractivity contribution < 1.29 is 0 Å². The topological polar surface area (TPSA) is 36.7 Å². The van der Waals surface area contributed by atoms with Crippen molar-refractivity contribution in [3.63, 3.8) is 0 Å². The van der Waals surface area contributed by atoms with Crippen LogP contribution in [0.3, 0.4) is 0 Å². The SMILES string of the molecule is N#Cc1ccc(-c2ccc(-c3ccccc3)cc2)nc1. The zero-order valence-corrected chi connectivity index (χ0v) is 10.8. The minimum Gasteiger partial charge on any atom is -0.255 e. The van der Waals surface area contributed by atoms with E-state index in [2.05, 4.69) is 47.5 Å². The first kappa shape index (κ1) is 12.1. The molecule has 0 spiro atoms. The van der Waals surface area contributed by atoms with Gasteiger partial charge in [-0.05, 0) is 23.3 Å². The summed E-state index contributed by atoms with van der Waals surface area (Å²) < 4.78 is 0. The highest BCUT2D eigenvalue weighted by Gasteiger charge is 2.01. The molecule has 0 fully saturated rings. The van der Waals surface area contributed by atoms with Crippen LogP contribution in [-0.4, -0.2) is 4.98 Å². The monoisotopic (exact) mass is 256 g/mol. The molecule has 3 aromatic rings. The molecule has 0 bridgehead atoms. The fourth-order valence-electron chi connectivity index (χ4n) is 2.09. The molecule has 0 amide bonds. The lowest BCUT2D eigenvalue weighted by Crippen LogP contribution is -1.85. The minimum absolute atomic E-state index is 0.578. The Morgan fingerprint density at radius 1 is 0.700 bits per heavy atom. The summed E-state index contributed by atoms with van der Waals surface area (Å²) >= 11 is 0. The van der Waals surface area contributed by atoms with Crippen LogP contribution < -0.4 is 0 Å². The Morgan fingerprint density at radius 3 is 1.95 bits per heavy atom. The second-order valence-electron chi connectivity index (χ2n) is 4.49. The van der Waals surface area contributed by atoms with Crippen LogP contribution in [-0.2, 0) is 0 Å². The Balaban J connectivity index is 1.91. The van der Waals surface area contributed by atoms with Crippen LogP contribution in [0.4, 0.5) is 0 Å². The first-order valence-corrected chi connectivity index (χ1v) is 6.39. The third-order valence-corrected chi connectivity index (χ3v) is 3.18. The summed E-state index contributed by atoms with van der Waals surface area (Å²) in [5.41, 5.74) is 4.89. The van der Waals surface area contributed by atoms with Gasteiger partial charge >= 0.3 is 0 Å². The number of aromatic nitrogens is 1. The van der Waals surface area contributed by atoms with Crippen LogP contribution in [0.5, 0.6) is 0 Å². The van der Waals surface area contributed by atoms with E-state index >= 15 is 0 Å². The lowest BCUT2D eigenvalue weighted by atomic mass is 10.0. The van der Waals surface area contributed by atoms with Gasteiger partial charge in [0.25, 0.3) is 0 Å². The molecule has 2 aromatic carbocycles. The van der Waals surface area contributed by atoms with Gasteiger partial charge in [-0.1, -0.05) is 54.6 Å². The first-order chi connectivity index (χ1) is 9.86. The van der Waals surface area contributed by atoms with Gasteiger partial charge in [0.05, 0.1) is 11.3 Å². The lowest BCUT2D eigenvalue weighted by molar-refractivity contribution is 1.30. The van der Waals surface area contributed by atoms with Crippen LogP contribution in [0.1, 0.15) is 5.56 Å². The molecule has 0 aliphatic rings. The summed E-state index contributed by atoms with van der Waals surface area (Å²) in [6.45, 7) is 0. The van der Waals surface area contributed by atoms with Crippen molar-refractivity contribution in [3.05, 3.63) is 78.5 Å². The van der Waals surface area contributed by atoms with Crippen molar-refractivity contribution >= 4 is 0 Å².